The summed E-state index contributed by atoms with van der Waals surface area (Å²) in [5, 5.41) is 0. The van der Waals surface area contributed by atoms with Gasteiger partial charge in [0.2, 0.25) is 0 Å². The minimum Gasteiger partial charge on any atom is -0.382 e. The van der Waals surface area contributed by atoms with Crippen molar-refractivity contribution in [2.45, 2.75) is 25.2 Å². The lowest BCUT2D eigenvalue weighted by molar-refractivity contribution is -0.0162. The van der Waals surface area contributed by atoms with Gasteiger partial charge in [0.15, 0.2) is 11.5 Å². The zero-order valence-corrected chi connectivity index (χ0v) is 11.3. The smallest absolute Gasteiger partial charge is 0.382 e. The van der Waals surface area contributed by atoms with E-state index in [4.69, 9.17) is 15.4 Å². The molecule has 9 nitrogen and oxygen atoms in total. The van der Waals surface area contributed by atoms with Crippen LogP contribution in [0.2, 0.25) is 0 Å². The molecule has 2 aromatic heterocycles. The van der Waals surface area contributed by atoms with Crippen LogP contribution < -0.4 is 5.73 Å². The molecule has 3 N–H and O–H groups in total. The second-order valence-corrected chi connectivity index (χ2v) is 5.14. The highest BCUT2D eigenvalue weighted by atomic mass is 31.1. The molecule has 0 aromatic carbocycles. The summed E-state index contributed by atoms with van der Waals surface area (Å²) in [5.74, 6) is 0.323. The molecule has 1 aliphatic rings. The van der Waals surface area contributed by atoms with Crippen LogP contribution in [0.3, 0.4) is 0 Å². The average molecular weight is 298 g/mol. The second kappa shape index (κ2) is 5.37. The van der Waals surface area contributed by atoms with Gasteiger partial charge in [-0.2, -0.15) is 0 Å². The molecule has 0 radical (unpaired) electrons. The van der Waals surface area contributed by atoms with Gasteiger partial charge in [-0.15, -0.1) is 9.42 Å². The number of hydrogen-bond donors (Lipinski definition) is 2. The van der Waals surface area contributed by atoms with Gasteiger partial charge in [0, 0.05) is 4.57 Å². The molecule has 3 rings (SSSR count). The lowest BCUT2D eigenvalue weighted by Gasteiger charge is -2.13. The van der Waals surface area contributed by atoms with E-state index in [1.54, 1.807) is 10.9 Å². The van der Waals surface area contributed by atoms with E-state index in [2.05, 4.69) is 19.5 Å². The van der Waals surface area contributed by atoms with Crippen molar-refractivity contribution >= 4 is 25.2 Å². The number of nitrogens with zero attached hydrogens (tertiary/aromatic N) is 4. The van der Waals surface area contributed by atoms with Gasteiger partial charge in [0.05, 0.1) is 12.4 Å². The minimum absolute atomic E-state index is 0.0892. The summed E-state index contributed by atoms with van der Waals surface area (Å²) >= 11 is 0. The van der Waals surface area contributed by atoms with Crippen LogP contribution in [0.25, 0.3) is 11.2 Å². The molecule has 0 bridgehead atoms. The van der Waals surface area contributed by atoms with Crippen LogP contribution in [0.5, 0.6) is 0 Å². The minimum atomic E-state index is -2.59. The summed E-state index contributed by atoms with van der Waals surface area (Å²) in [6.07, 6.45) is 4.00. The first-order valence-electron chi connectivity index (χ1n) is 6.02. The quantitative estimate of drug-likeness (QED) is 0.792. The molecule has 0 saturated carbocycles. The predicted molar refractivity (Wildman–Crippen MR) is 68.7 cm³/mol. The Morgan fingerprint density at radius 1 is 1.50 bits per heavy atom. The first-order valence-corrected chi connectivity index (χ1v) is 7.15. The molecule has 0 aliphatic carbocycles. The molecule has 1 aliphatic heterocycles. The van der Waals surface area contributed by atoms with Crippen LogP contribution in [-0.4, -0.2) is 37.1 Å². The summed E-state index contributed by atoms with van der Waals surface area (Å²) in [6.45, 7) is 0.0892. The van der Waals surface area contributed by atoms with Crippen LogP contribution in [0.1, 0.15) is 19.1 Å². The fourth-order valence-corrected chi connectivity index (χ4v) is 2.54. The molecular formula is C10H13N5O4P+. The molecule has 2 aromatic rings. The van der Waals surface area contributed by atoms with Gasteiger partial charge < -0.3 is 10.5 Å². The third kappa shape index (κ3) is 2.48. The Balaban J connectivity index is 1.76. The fourth-order valence-electron chi connectivity index (χ4n) is 2.24. The van der Waals surface area contributed by atoms with E-state index >= 15 is 0 Å². The lowest BCUT2D eigenvalue weighted by atomic mass is 10.2. The third-order valence-corrected chi connectivity index (χ3v) is 3.52. The largest absolute Gasteiger partial charge is 0.694 e. The Morgan fingerprint density at radius 3 is 3.15 bits per heavy atom. The van der Waals surface area contributed by atoms with Crippen LogP contribution in [0, 0.1) is 0 Å². The van der Waals surface area contributed by atoms with Gasteiger partial charge in [-0.3, -0.25) is 4.57 Å². The number of nitrogens with two attached hydrogens (primary N) is 1. The van der Waals surface area contributed by atoms with E-state index in [0.717, 1.165) is 12.8 Å². The van der Waals surface area contributed by atoms with E-state index in [1.807, 2.05) is 0 Å². The summed E-state index contributed by atoms with van der Waals surface area (Å²) in [6, 6.07) is 0. The highest BCUT2D eigenvalue weighted by molar-refractivity contribution is 7.32. The van der Waals surface area contributed by atoms with Crippen molar-refractivity contribution in [1.82, 2.24) is 19.5 Å². The molecule has 1 fully saturated rings. The van der Waals surface area contributed by atoms with Gasteiger partial charge in [0.25, 0.3) is 0 Å². The monoisotopic (exact) mass is 298 g/mol. The number of anilines is 1. The van der Waals surface area contributed by atoms with Crippen LogP contribution in [-0.2, 0) is 13.8 Å². The lowest BCUT2D eigenvalue weighted by Crippen LogP contribution is -2.15. The third-order valence-electron chi connectivity index (χ3n) is 3.15. The standard InChI is InChI=1S/C10H12N5O4P/c11-9-8-10(13-4-12-9)15(5-14-8)7-2-1-6(19-7)3-18-20(16)17/h4-7H,1-3H2,(H2-,11,12,13,16,17)/p+1/t6-,7+/m0/s1. The Bertz CT molecular complexity index is 648. The van der Waals surface area contributed by atoms with Crippen LogP contribution in [0.15, 0.2) is 12.7 Å². The number of fused-ring (bicyclic) bond motifs is 1. The molecule has 0 amide bonds. The molecule has 1 unspecified atom stereocenters. The SMILES string of the molecule is Nc1ncnc2c1ncn2[C@H]1CC[C@@H](CO[P+](=O)O)O1. The second-order valence-electron chi connectivity index (χ2n) is 4.41. The molecular weight excluding hydrogens is 285 g/mol. The van der Waals surface area contributed by atoms with Gasteiger partial charge >= 0.3 is 8.25 Å². The number of hydrogen-bond acceptors (Lipinski definition) is 7. The molecule has 3 atom stereocenters. The van der Waals surface area contributed by atoms with Crippen molar-refractivity contribution in [2.75, 3.05) is 12.3 Å². The van der Waals surface area contributed by atoms with Gasteiger partial charge in [-0.05, 0) is 12.8 Å². The fraction of sp³-hybridized carbons (Fsp3) is 0.500. The Labute approximate surface area is 114 Å². The average Bonchev–Trinajstić information content (AvgIpc) is 3.02. The zero-order valence-electron chi connectivity index (χ0n) is 10.4. The van der Waals surface area contributed by atoms with Crippen molar-refractivity contribution in [3.05, 3.63) is 12.7 Å². The van der Waals surface area contributed by atoms with Gasteiger partial charge in [-0.25, -0.2) is 15.0 Å². The molecule has 20 heavy (non-hydrogen) atoms. The predicted octanol–water partition coefficient (Wildman–Crippen LogP) is 0.752. The number of aromatic nitrogens is 4. The van der Waals surface area contributed by atoms with Crippen molar-refractivity contribution in [1.29, 1.82) is 0 Å². The summed E-state index contributed by atoms with van der Waals surface area (Å²) < 4.78 is 22.7. The maximum atomic E-state index is 10.5. The zero-order chi connectivity index (χ0) is 14.1. The number of imidazole rings is 1. The number of nitrogen functional groups attached to an aromatic ring is 1. The van der Waals surface area contributed by atoms with Crippen molar-refractivity contribution < 1.29 is 18.7 Å². The normalized spacial score (nSPS) is 23.4. The van der Waals surface area contributed by atoms with Crippen LogP contribution >= 0.6 is 8.25 Å². The summed E-state index contributed by atoms with van der Waals surface area (Å²) in [5.41, 5.74) is 6.87. The summed E-state index contributed by atoms with van der Waals surface area (Å²) in [4.78, 5) is 20.8. The highest BCUT2D eigenvalue weighted by Crippen LogP contribution is 2.32. The molecule has 3 heterocycles. The molecule has 10 heteroatoms. The van der Waals surface area contributed by atoms with E-state index in [-0.39, 0.29) is 18.9 Å². The summed E-state index contributed by atoms with van der Waals surface area (Å²) in [7, 11) is -2.59. The Hall–Kier alpha value is -1.67. The van der Waals surface area contributed by atoms with Crippen LogP contribution in [0.4, 0.5) is 5.82 Å². The number of ether oxygens (including phenoxy) is 1. The van der Waals surface area contributed by atoms with Crippen molar-refractivity contribution in [2.24, 2.45) is 0 Å². The van der Waals surface area contributed by atoms with Crippen molar-refractivity contribution in [3.8, 4) is 0 Å². The van der Waals surface area contributed by atoms with E-state index < -0.39 is 8.25 Å². The Kier molecular flexibility index (Phi) is 3.58. The highest BCUT2D eigenvalue weighted by Gasteiger charge is 2.30. The molecule has 1 saturated heterocycles. The first kappa shape index (κ1) is 13.3. The Morgan fingerprint density at radius 2 is 2.35 bits per heavy atom. The first-order chi connectivity index (χ1) is 9.65. The topological polar surface area (TPSA) is 125 Å². The van der Waals surface area contributed by atoms with E-state index in [9.17, 15) is 4.57 Å². The van der Waals surface area contributed by atoms with Gasteiger partial charge in [-0.1, -0.05) is 0 Å². The van der Waals surface area contributed by atoms with E-state index in [0.29, 0.717) is 17.0 Å². The molecule has 0 spiro atoms. The van der Waals surface area contributed by atoms with Gasteiger partial charge in [0.1, 0.15) is 24.7 Å². The maximum Gasteiger partial charge on any atom is 0.694 e. The maximum absolute atomic E-state index is 10.5. The molecule has 106 valence electrons. The van der Waals surface area contributed by atoms with Crippen molar-refractivity contribution in [3.63, 3.8) is 0 Å². The number of rotatable bonds is 4. The van der Waals surface area contributed by atoms with E-state index in [1.165, 1.54) is 6.33 Å².